The van der Waals surface area contributed by atoms with Crippen molar-refractivity contribution >= 4 is 39.5 Å². The molecule has 0 aromatic carbocycles. The maximum absolute atomic E-state index is 13.1. The minimum absolute atomic E-state index is 0.108. The molecule has 3 N–H and O–H groups in total. The number of esters is 4. The van der Waals surface area contributed by atoms with E-state index in [-0.39, 0.29) is 25.7 Å². The maximum atomic E-state index is 13.1. The number of phosphoric acid groups is 2. The largest absolute Gasteiger partial charge is 0.472 e. The number of hydrogen-bond donors (Lipinski definition) is 3. The number of aliphatic hydroxyl groups excluding tert-OH is 1. The Morgan fingerprint density at radius 2 is 0.511 bits per heavy atom. The van der Waals surface area contributed by atoms with Crippen molar-refractivity contribution in [3.63, 3.8) is 0 Å². The summed E-state index contributed by atoms with van der Waals surface area (Å²) >= 11 is 0. The zero-order chi connectivity index (χ0) is 69.1. The molecule has 0 bridgehead atoms. The molecule has 3 unspecified atom stereocenters. The number of carbonyl (C=O) groups excluding carboxylic acids is 4. The Hall–Kier alpha value is -1.94. The van der Waals surface area contributed by atoms with Crippen molar-refractivity contribution < 1.29 is 80.2 Å². The van der Waals surface area contributed by atoms with Crippen molar-refractivity contribution in [2.75, 3.05) is 39.6 Å². The quantitative estimate of drug-likeness (QED) is 0.0222. The molecular formula is C75H146O17P2. The monoisotopic (exact) mass is 1380 g/mol. The zero-order valence-corrected chi connectivity index (χ0v) is 62.9. The molecule has 0 heterocycles. The number of ether oxygens (including phenoxy) is 4. The van der Waals surface area contributed by atoms with Crippen LogP contribution in [0.2, 0.25) is 0 Å². The predicted molar refractivity (Wildman–Crippen MR) is 382 cm³/mol. The topological polar surface area (TPSA) is 237 Å². The molecule has 0 aliphatic carbocycles. The average Bonchev–Trinajstić information content (AvgIpc) is 1.42. The van der Waals surface area contributed by atoms with Gasteiger partial charge in [0.1, 0.15) is 19.3 Å². The van der Waals surface area contributed by atoms with E-state index < -0.39 is 97.5 Å². The molecule has 0 spiro atoms. The van der Waals surface area contributed by atoms with Gasteiger partial charge < -0.3 is 33.8 Å². The van der Waals surface area contributed by atoms with Crippen LogP contribution in [0, 0.1) is 5.92 Å². The first-order chi connectivity index (χ1) is 45.6. The molecule has 558 valence electrons. The van der Waals surface area contributed by atoms with E-state index in [1.807, 2.05) is 0 Å². The first-order valence-electron chi connectivity index (χ1n) is 39.2. The summed E-state index contributed by atoms with van der Waals surface area (Å²) < 4.78 is 68.5. The van der Waals surface area contributed by atoms with Crippen molar-refractivity contribution in [1.29, 1.82) is 0 Å². The second-order valence-corrected chi connectivity index (χ2v) is 30.2. The van der Waals surface area contributed by atoms with Crippen LogP contribution in [-0.2, 0) is 65.4 Å². The molecule has 0 rings (SSSR count). The van der Waals surface area contributed by atoms with Crippen LogP contribution in [-0.4, -0.2) is 96.7 Å². The second-order valence-electron chi connectivity index (χ2n) is 27.3. The van der Waals surface area contributed by atoms with Gasteiger partial charge in [0.05, 0.1) is 26.4 Å². The highest BCUT2D eigenvalue weighted by molar-refractivity contribution is 7.47. The van der Waals surface area contributed by atoms with Crippen LogP contribution in [0.4, 0.5) is 0 Å². The van der Waals surface area contributed by atoms with E-state index in [0.717, 1.165) is 95.8 Å². The van der Waals surface area contributed by atoms with Crippen molar-refractivity contribution in [3.05, 3.63) is 0 Å². The van der Waals surface area contributed by atoms with Gasteiger partial charge in [-0.3, -0.25) is 37.3 Å². The molecular weight excluding hydrogens is 1230 g/mol. The van der Waals surface area contributed by atoms with E-state index in [1.54, 1.807) is 0 Å². The Bertz CT molecular complexity index is 1810. The van der Waals surface area contributed by atoms with Crippen molar-refractivity contribution in [3.8, 4) is 0 Å². The Labute approximate surface area is 575 Å². The summed E-state index contributed by atoms with van der Waals surface area (Å²) in [7, 11) is -9.91. The van der Waals surface area contributed by atoms with Gasteiger partial charge in [-0.05, 0) is 31.6 Å². The van der Waals surface area contributed by atoms with E-state index in [1.165, 1.54) is 218 Å². The molecule has 0 aliphatic heterocycles. The fraction of sp³-hybridized carbons (Fsp3) is 0.947. The molecule has 0 aromatic rings. The summed E-state index contributed by atoms with van der Waals surface area (Å²) in [5, 5.41) is 10.6. The normalized spacial score (nSPS) is 14.3. The van der Waals surface area contributed by atoms with Gasteiger partial charge in [0.25, 0.3) is 0 Å². The van der Waals surface area contributed by atoms with E-state index in [0.29, 0.717) is 25.7 Å². The van der Waals surface area contributed by atoms with E-state index in [9.17, 15) is 43.2 Å². The molecule has 0 saturated carbocycles. The average molecular weight is 1380 g/mol. The first kappa shape index (κ1) is 92.1. The number of aliphatic hydroxyl groups is 1. The van der Waals surface area contributed by atoms with Crippen LogP contribution in [0.5, 0.6) is 0 Å². The lowest BCUT2D eigenvalue weighted by atomic mass is 9.99. The van der Waals surface area contributed by atoms with Crippen LogP contribution in [0.1, 0.15) is 394 Å². The number of rotatable bonds is 75. The smallest absolute Gasteiger partial charge is 0.462 e. The Morgan fingerprint density at radius 3 is 0.755 bits per heavy atom. The van der Waals surface area contributed by atoms with Crippen molar-refractivity contribution in [1.82, 2.24) is 0 Å². The Kier molecular flexibility index (Phi) is 66.8. The van der Waals surface area contributed by atoms with Crippen LogP contribution in [0.15, 0.2) is 0 Å². The summed E-state index contributed by atoms with van der Waals surface area (Å²) in [4.78, 5) is 72.8. The van der Waals surface area contributed by atoms with Gasteiger partial charge in [0.15, 0.2) is 12.2 Å². The molecule has 0 fully saturated rings. The lowest BCUT2D eigenvalue weighted by Crippen LogP contribution is -2.30. The maximum Gasteiger partial charge on any atom is 0.472 e. The summed E-state index contributed by atoms with van der Waals surface area (Å²) in [5.41, 5.74) is 0. The molecule has 17 nitrogen and oxygen atoms in total. The third kappa shape index (κ3) is 67.3. The SMILES string of the molecule is CCCCCCCCCCCCCCCCCCCC(=O)O[C@H](COC(=O)CCCCCCCCCCCCC(C)CC)COP(=O)(O)OC[C@@H](O)COP(=O)(O)OC[C@@H](COC(=O)CCCCCCCCCCCC)OC(=O)CCCCCCCCCCCCCCC. The fourth-order valence-electron chi connectivity index (χ4n) is 11.5. The highest BCUT2D eigenvalue weighted by Gasteiger charge is 2.30. The summed E-state index contributed by atoms with van der Waals surface area (Å²) in [5.74, 6) is -1.30. The van der Waals surface area contributed by atoms with Crippen molar-refractivity contribution in [2.24, 2.45) is 5.92 Å². The number of hydrogen-bond acceptors (Lipinski definition) is 15. The summed E-state index contributed by atoms with van der Waals surface area (Å²) in [6.07, 6.45) is 56.6. The van der Waals surface area contributed by atoms with Gasteiger partial charge in [0, 0.05) is 25.7 Å². The minimum Gasteiger partial charge on any atom is -0.462 e. The molecule has 0 aromatic heterocycles. The van der Waals surface area contributed by atoms with Gasteiger partial charge in [-0.1, -0.05) is 343 Å². The number of unbranched alkanes of at least 4 members (excludes halogenated alkanes) is 46. The highest BCUT2D eigenvalue weighted by atomic mass is 31.2. The standard InChI is InChI=1S/C75H146O17P2/c1-6-10-13-16-19-22-25-27-28-29-30-32-34-41-46-51-56-61-75(80)92-71(65-86-73(78)59-54-49-44-39-36-35-37-42-47-52-57-68(5)9-4)67-90-94(83,84)88-63-69(76)62-87-93(81,82)89-66-70(64-85-72(77)58-53-48-43-38-24-21-18-15-12-8-3)91-74(79)60-55-50-45-40-33-31-26-23-20-17-14-11-7-2/h68-71,76H,6-67H2,1-5H3,(H,81,82)(H,83,84)/t68?,69-,70+,71+/m0/s1. The lowest BCUT2D eigenvalue weighted by molar-refractivity contribution is -0.161. The molecule has 19 heteroatoms. The van der Waals surface area contributed by atoms with Gasteiger partial charge in [-0.2, -0.15) is 0 Å². The van der Waals surface area contributed by atoms with Crippen LogP contribution < -0.4 is 0 Å². The van der Waals surface area contributed by atoms with E-state index in [2.05, 4.69) is 34.6 Å². The molecule has 0 radical (unpaired) electrons. The van der Waals surface area contributed by atoms with Crippen LogP contribution >= 0.6 is 15.6 Å². The van der Waals surface area contributed by atoms with Gasteiger partial charge in [-0.25, -0.2) is 9.13 Å². The van der Waals surface area contributed by atoms with Crippen molar-refractivity contribution in [2.45, 2.75) is 412 Å². The van der Waals surface area contributed by atoms with Crippen LogP contribution in [0.3, 0.4) is 0 Å². The van der Waals surface area contributed by atoms with Gasteiger partial charge in [-0.15, -0.1) is 0 Å². The molecule has 6 atom stereocenters. The number of carbonyl (C=O) groups is 4. The lowest BCUT2D eigenvalue weighted by Gasteiger charge is -2.21. The van der Waals surface area contributed by atoms with E-state index >= 15 is 0 Å². The predicted octanol–water partition coefficient (Wildman–Crippen LogP) is 22.1. The zero-order valence-electron chi connectivity index (χ0n) is 61.1. The van der Waals surface area contributed by atoms with Gasteiger partial charge in [0.2, 0.25) is 0 Å². The molecule has 94 heavy (non-hydrogen) atoms. The minimum atomic E-state index is -4.96. The Balaban J connectivity index is 5.25. The first-order valence-corrected chi connectivity index (χ1v) is 42.2. The third-order valence-electron chi connectivity index (χ3n) is 17.9. The van der Waals surface area contributed by atoms with Crippen LogP contribution in [0.25, 0.3) is 0 Å². The summed E-state index contributed by atoms with van der Waals surface area (Å²) in [6.45, 7) is 7.31. The molecule has 0 saturated heterocycles. The molecule has 0 amide bonds. The fourth-order valence-corrected chi connectivity index (χ4v) is 13.1. The molecule has 0 aliphatic rings. The number of phosphoric ester groups is 2. The Morgan fingerprint density at radius 1 is 0.298 bits per heavy atom. The second kappa shape index (κ2) is 68.2. The van der Waals surface area contributed by atoms with E-state index in [4.69, 9.17) is 37.0 Å². The summed E-state index contributed by atoms with van der Waals surface area (Å²) in [6, 6.07) is 0. The highest BCUT2D eigenvalue weighted by Crippen LogP contribution is 2.45. The third-order valence-corrected chi connectivity index (χ3v) is 19.8. The van der Waals surface area contributed by atoms with Gasteiger partial charge >= 0.3 is 39.5 Å².